The van der Waals surface area contributed by atoms with Crippen LogP contribution in [0.15, 0.2) is 18.2 Å². The summed E-state index contributed by atoms with van der Waals surface area (Å²) in [7, 11) is 0. The maximum absolute atomic E-state index is 9.85. The van der Waals surface area contributed by atoms with E-state index in [1.54, 1.807) is 6.92 Å². The summed E-state index contributed by atoms with van der Waals surface area (Å²) in [5.41, 5.74) is 7.64. The van der Waals surface area contributed by atoms with Gasteiger partial charge in [0.15, 0.2) is 0 Å². The van der Waals surface area contributed by atoms with Gasteiger partial charge in [-0.3, -0.25) is 4.79 Å². The van der Waals surface area contributed by atoms with Gasteiger partial charge < -0.3 is 15.6 Å². The van der Waals surface area contributed by atoms with Crippen LogP contribution >= 0.6 is 0 Å². The number of fused-ring (bicyclic) bond motifs is 1. The maximum atomic E-state index is 9.85. The van der Waals surface area contributed by atoms with Crippen LogP contribution < -0.4 is 10.5 Å². The van der Waals surface area contributed by atoms with E-state index in [0.29, 0.717) is 0 Å². The molecule has 0 aliphatic carbocycles. The summed E-state index contributed by atoms with van der Waals surface area (Å²) in [6.07, 6.45) is 2.34. The fourth-order valence-electron chi connectivity index (χ4n) is 1.55. The summed E-state index contributed by atoms with van der Waals surface area (Å²) in [6, 6.07) is 6.44. The van der Waals surface area contributed by atoms with Crippen molar-refractivity contribution in [2.75, 3.05) is 13.2 Å². The van der Waals surface area contributed by atoms with Gasteiger partial charge in [-0.25, -0.2) is 0 Å². The second kappa shape index (κ2) is 10.3. The molecule has 1 unspecified atom stereocenters. The number of ether oxygens (including phenoxy) is 1. The van der Waals surface area contributed by atoms with Crippen molar-refractivity contribution in [1.82, 2.24) is 0 Å². The van der Waals surface area contributed by atoms with Gasteiger partial charge in [-0.05, 0) is 37.0 Å². The van der Waals surface area contributed by atoms with Crippen molar-refractivity contribution >= 4 is 5.97 Å². The Labute approximate surface area is 121 Å². The van der Waals surface area contributed by atoms with Gasteiger partial charge in [0.1, 0.15) is 5.75 Å². The highest BCUT2D eigenvalue weighted by molar-refractivity contribution is 5.69. The fourth-order valence-corrected chi connectivity index (χ4v) is 1.55. The predicted octanol–water partition coefficient (Wildman–Crippen LogP) is 3.01. The average molecular weight is 281 g/mol. The largest absolute Gasteiger partial charge is 0.493 e. The summed E-state index contributed by atoms with van der Waals surface area (Å²) < 4.78 is 5.50. The van der Waals surface area contributed by atoms with Gasteiger partial charge in [0.05, 0.1) is 12.5 Å². The lowest BCUT2D eigenvalue weighted by Gasteiger charge is -2.16. The normalized spacial score (nSPS) is 13.4. The zero-order valence-electron chi connectivity index (χ0n) is 13.0. The van der Waals surface area contributed by atoms with Crippen LogP contribution in [0.25, 0.3) is 0 Å². The third-order valence-corrected chi connectivity index (χ3v) is 2.85. The van der Waals surface area contributed by atoms with Gasteiger partial charge in [0.2, 0.25) is 0 Å². The van der Waals surface area contributed by atoms with Gasteiger partial charge in [-0.2, -0.15) is 0 Å². The second-order valence-corrected chi connectivity index (χ2v) is 4.54. The van der Waals surface area contributed by atoms with Crippen LogP contribution in [0.2, 0.25) is 0 Å². The molecule has 20 heavy (non-hydrogen) atoms. The van der Waals surface area contributed by atoms with Crippen LogP contribution in [0.5, 0.6) is 5.75 Å². The molecule has 0 radical (unpaired) electrons. The van der Waals surface area contributed by atoms with E-state index in [1.807, 2.05) is 13.8 Å². The van der Waals surface area contributed by atoms with Gasteiger partial charge in [-0.15, -0.1) is 0 Å². The third kappa shape index (κ3) is 6.57. The van der Waals surface area contributed by atoms with E-state index in [9.17, 15) is 4.79 Å². The minimum absolute atomic E-state index is 0.218. The van der Waals surface area contributed by atoms with E-state index in [-0.39, 0.29) is 6.54 Å². The first-order valence-electron chi connectivity index (χ1n) is 7.19. The number of rotatable bonds is 2. The van der Waals surface area contributed by atoms with Crippen LogP contribution in [0.3, 0.4) is 0 Å². The average Bonchev–Trinajstić information content (AvgIpc) is 2.48. The molecular formula is C16H27NO3. The molecule has 114 valence electrons. The quantitative estimate of drug-likeness (QED) is 0.874. The van der Waals surface area contributed by atoms with Crippen LogP contribution in [0.4, 0.5) is 0 Å². The molecule has 3 N–H and O–H groups in total. The number of aliphatic carboxylic acids is 1. The smallest absolute Gasteiger partial charge is 0.307 e. The van der Waals surface area contributed by atoms with E-state index < -0.39 is 11.9 Å². The highest BCUT2D eigenvalue weighted by Crippen LogP contribution is 2.25. The molecule has 0 aromatic heterocycles. The SMILES string of the molecule is CC.CC(CN)C(=O)O.Cc1ccc2c(c1)OCCC2. The topological polar surface area (TPSA) is 72.6 Å². The number of nitrogens with two attached hydrogens (primary N) is 1. The number of hydrogen-bond donors (Lipinski definition) is 2. The van der Waals surface area contributed by atoms with E-state index in [1.165, 1.54) is 17.5 Å². The van der Waals surface area contributed by atoms with Crippen molar-refractivity contribution in [3.8, 4) is 5.75 Å². The van der Waals surface area contributed by atoms with Crippen molar-refractivity contribution in [1.29, 1.82) is 0 Å². The first-order valence-corrected chi connectivity index (χ1v) is 7.19. The molecule has 1 atom stereocenters. The lowest BCUT2D eigenvalue weighted by atomic mass is 10.0. The van der Waals surface area contributed by atoms with Gasteiger partial charge in [0.25, 0.3) is 0 Å². The molecule has 1 aromatic rings. The number of carboxylic acid groups (broad SMARTS) is 1. The number of aryl methyl sites for hydroxylation is 2. The third-order valence-electron chi connectivity index (χ3n) is 2.85. The van der Waals surface area contributed by atoms with Crippen LogP contribution in [-0.4, -0.2) is 24.2 Å². The van der Waals surface area contributed by atoms with Gasteiger partial charge >= 0.3 is 5.97 Å². The predicted molar refractivity (Wildman–Crippen MR) is 82.2 cm³/mol. The monoisotopic (exact) mass is 281 g/mol. The number of benzene rings is 1. The Morgan fingerprint density at radius 2 is 2.10 bits per heavy atom. The molecule has 1 aliphatic heterocycles. The van der Waals surface area contributed by atoms with Crippen molar-refractivity contribution in [2.24, 2.45) is 11.7 Å². The minimum atomic E-state index is -0.831. The number of hydrogen-bond acceptors (Lipinski definition) is 3. The Morgan fingerprint density at radius 1 is 1.45 bits per heavy atom. The first kappa shape index (κ1) is 18.4. The van der Waals surface area contributed by atoms with Crippen molar-refractivity contribution in [3.05, 3.63) is 29.3 Å². The summed E-state index contributed by atoms with van der Waals surface area (Å²) in [6.45, 7) is 8.77. The van der Waals surface area contributed by atoms with Gasteiger partial charge in [-0.1, -0.05) is 32.9 Å². The summed E-state index contributed by atoms with van der Waals surface area (Å²) >= 11 is 0. The lowest BCUT2D eigenvalue weighted by molar-refractivity contribution is -0.140. The Bertz CT molecular complexity index is 405. The molecule has 0 spiro atoms. The van der Waals surface area contributed by atoms with Crippen molar-refractivity contribution in [3.63, 3.8) is 0 Å². The maximum Gasteiger partial charge on any atom is 0.307 e. The number of carbonyl (C=O) groups is 1. The summed E-state index contributed by atoms with van der Waals surface area (Å²) in [4.78, 5) is 9.85. The standard InChI is InChI=1S/C10H12O.C4H9NO2.C2H6/c1-8-4-5-9-3-2-6-11-10(9)7-8;1-3(2-5)4(6)7;1-2/h4-5,7H,2-3,6H2,1H3;3H,2,5H2,1H3,(H,6,7);1-2H3. The molecule has 0 saturated heterocycles. The van der Waals surface area contributed by atoms with Crippen LogP contribution in [0, 0.1) is 12.8 Å². The molecule has 1 aliphatic rings. The molecular weight excluding hydrogens is 254 g/mol. The fraction of sp³-hybridized carbons (Fsp3) is 0.562. The highest BCUT2D eigenvalue weighted by atomic mass is 16.5. The van der Waals surface area contributed by atoms with E-state index in [4.69, 9.17) is 15.6 Å². The summed E-state index contributed by atoms with van der Waals surface area (Å²) in [5.74, 6) is -0.140. The number of carboxylic acids is 1. The Hall–Kier alpha value is -1.55. The van der Waals surface area contributed by atoms with Crippen molar-refractivity contribution < 1.29 is 14.6 Å². The molecule has 0 saturated carbocycles. The molecule has 1 heterocycles. The second-order valence-electron chi connectivity index (χ2n) is 4.54. The van der Waals surface area contributed by atoms with E-state index in [0.717, 1.165) is 18.8 Å². The Balaban J connectivity index is 0.000000352. The first-order chi connectivity index (χ1) is 9.54. The highest BCUT2D eigenvalue weighted by Gasteiger charge is 2.08. The zero-order chi connectivity index (χ0) is 15.5. The Kier molecular flexibility index (Phi) is 9.47. The molecule has 1 aromatic carbocycles. The molecule has 0 bridgehead atoms. The lowest BCUT2D eigenvalue weighted by Crippen LogP contribution is -2.19. The Morgan fingerprint density at radius 3 is 2.60 bits per heavy atom. The molecule has 0 amide bonds. The van der Waals surface area contributed by atoms with E-state index in [2.05, 4.69) is 25.1 Å². The minimum Gasteiger partial charge on any atom is -0.493 e. The summed E-state index contributed by atoms with van der Waals surface area (Å²) in [5, 5.41) is 8.10. The molecule has 0 fully saturated rings. The van der Waals surface area contributed by atoms with E-state index >= 15 is 0 Å². The zero-order valence-corrected chi connectivity index (χ0v) is 13.0. The van der Waals surface area contributed by atoms with Crippen LogP contribution in [0.1, 0.15) is 38.3 Å². The van der Waals surface area contributed by atoms with Gasteiger partial charge in [0, 0.05) is 6.54 Å². The molecule has 2 rings (SSSR count). The molecule has 4 heteroatoms. The molecule has 4 nitrogen and oxygen atoms in total. The van der Waals surface area contributed by atoms with Crippen LogP contribution in [-0.2, 0) is 11.2 Å². The van der Waals surface area contributed by atoms with Crippen molar-refractivity contribution in [2.45, 2.75) is 40.5 Å².